The number of piperidine rings is 1. The zero-order chi connectivity index (χ0) is 25.1. The Bertz CT molecular complexity index is 1060. The van der Waals surface area contributed by atoms with Crippen LogP contribution in [-0.4, -0.2) is 78.1 Å². The zero-order valence-corrected chi connectivity index (χ0v) is 19.7. The molecule has 3 N–H and O–H groups in total. The molecule has 2 unspecified atom stereocenters. The number of aliphatic hydroxyl groups is 1. The van der Waals surface area contributed by atoms with Gasteiger partial charge in [-0.1, -0.05) is 48.5 Å². The summed E-state index contributed by atoms with van der Waals surface area (Å²) in [6.45, 7) is 1.65. The number of fused-ring (bicyclic) bond motifs is 3. The van der Waals surface area contributed by atoms with Gasteiger partial charge in [-0.15, -0.1) is 0 Å². The summed E-state index contributed by atoms with van der Waals surface area (Å²) in [5, 5.41) is 22.0. The van der Waals surface area contributed by atoms with Crippen molar-refractivity contribution < 1.29 is 34.1 Å². The van der Waals surface area contributed by atoms with Gasteiger partial charge < -0.3 is 29.9 Å². The summed E-state index contributed by atoms with van der Waals surface area (Å²) in [6, 6.07) is 14.9. The number of likely N-dealkylation sites (tertiary alicyclic amines) is 1. The second-order valence-electron chi connectivity index (χ2n) is 9.06. The Labute approximate surface area is 203 Å². The Kier molecular flexibility index (Phi) is 7.37. The van der Waals surface area contributed by atoms with Crippen LogP contribution in [-0.2, 0) is 19.1 Å². The first-order chi connectivity index (χ1) is 16.8. The van der Waals surface area contributed by atoms with Gasteiger partial charge in [-0.2, -0.15) is 0 Å². The van der Waals surface area contributed by atoms with Crippen LogP contribution >= 0.6 is 0 Å². The Hall–Kier alpha value is -3.43. The van der Waals surface area contributed by atoms with Crippen molar-refractivity contribution >= 4 is 18.0 Å². The molecule has 0 radical (unpaired) electrons. The Morgan fingerprint density at radius 2 is 1.66 bits per heavy atom. The van der Waals surface area contributed by atoms with Crippen molar-refractivity contribution in [3.8, 4) is 11.1 Å². The lowest BCUT2D eigenvalue weighted by atomic mass is 9.95. The SMILES string of the molecule is CO[C@H](C)[C@H](NC(=O)OCC1c2ccccc2-c2ccccc21)C(=O)N1CC(O)CC(C(=O)O)C1. The molecule has 2 aliphatic rings. The number of carbonyl (C=O) groups is 3. The molecule has 1 aliphatic heterocycles. The number of rotatable bonds is 7. The van der Waals surface area contributed by atoms with Crippen molar-refractivity contribution in [1.29, 1.82) is 0 Å². The van der Waals surface area contributed by atoms with Crippen molar-refractivity contribution in [1.82, 2.24) is 10.2 Å². The van der Waals surface area contributed by atoms with Gasteiger partial charge in [0.15, 0.2) is 0 Å². The van der Waals surface area contributed by atoms with Gasteiger partial charge in [-0.05, 0) is 35.6 Å². The predicted molar refractivity (Wildman–Crippen MR) is 127 cm³/mol. The molecule has 4 atom stereocenters. The number of methoxy groups -OCH3 is 1. The van der Waals surface area contributed by atoms with E-state index < -0.39 is 42.1 Å². The summed E-state index contributed by atoms with van der Waals surface area (Å²) in [4.78, 5) is 38.7. The Morgan fingerprint density at radius 1 is 1.06 bits per heavy atom. The number of aliphatic hydroxyl groups excluding tert-OH is 1. The molecule has 2 aromatic carbocycles. The number of aliphatic carboxylic acids is 1. The van der Waals surface area contributed by atoms with E-state index in [1.165, 1.54) is 12.0 Å². The van der Waals surface area contributed by atoms with E-state index in [0.29, 0.717) is 0 Å². The number of nitrogens with one attached hydrogen (secondary N) is 1. The molecule has 0 aromatic heterocycles. The molecular weight excluding hydrogens is 452 g/mol. The molecule has 2 aromatic rings. The molecule has 1 saturated heterocycles. The summed E-state index contributed by atoms with van der Waals surface area (Å²) >= 11 is 0. The number of hydrogen-bond donors (Lipinski definition) is 3. The predicted octanol–water partition coefficient (Wildman–Crippen LogP) is 2.22. The highest BCUT2D eigenvalue weighted by molar-refractivity contribution is 5.87. The summed E-state index contributed by atoms with van der Waals surface area (Å²) in [5.41, 5.74) is 4.35. The standard InChI is InChI=1S/C26H30N2O7/c1-15(34-2)23(24(30)28-12-16(25(31)32)11-17(29)13-28)27-26(33)35-14-22-20-9-5-3-7-18(20)19-8-4-6-10-21(19)22/h3-10,15-17,22-23,29H,11-14H2,1-2H3,(H,27,33)(H,31,32)/t15-,16?,17?,23+/m1/s1. The number of carboxylic acids is 1. The molecule has 1 heterocycles. The molecule has 1 fully saturated rings. The maximum atomic E-state index is 13.2. The molecule has 2 amide bonds. The van der Waals surface area contributed by atoms with E-state index >= 15 is 0 Å². The van der Waals surface area contributed by atoms with Crippen molar-refractivity contribution in [2.75, 3.05) is 26.8 Å². The highest BCUT2D eigenvalue weighted by Crippen LogP contribution is 2.44. The van der Waals surface area contributed by atoms with Crippen LogP contribution in [0.2, 0.25) is 0 Å². The van der Waals surface area contributed by atoms with E-state index in [2.05, 4.69) is 5.32 Å². The van der Waals surface area contributed by atoms with Gasteiger partial charge >= 0.3 is 12.1 Å². The second-order valence-corrected chi connectivity index (χ2v) is 9.06. The second kappa shape index (κ2) is 10.5. The number of nitrogens with zero attached hydrogens (tertiary/aromatic N) is 1. The molecule has 1 aliphatic carbocycles. The number of carbonyl (C=O) groups excluding carboxylic acids is 2. The third-order valence-electron chi connectivity index (χ3n) is 6.81. The molecule has 35 heavy (non-hydrogen) atoms. The number of alkyl carbamates (subject to hydrolysis) is 1. The van der Waals surface area contributed by atoms with Crippen LogP contribution < -0.4 is 5.32 Å². The third kappa shape index (κ3) is 5.16. The normalized spacial score (nSPS) is 20.9. The number of amides is 2. The van der Waals surface area contributed by atoms with Gasteiger partial charge in [-0.3, -0.25) is 9.59 Å². The molecule has 9 heteroatoms. The van der Waals surface area contributed by atoms with E-state index in [9.17, 15) is 24.6 Å². The van der Waals surface area contributed by atoms with E-state index in [-0.39, 0.29) is 32.0 Å². The summed E-state index contributed by atoms with van der Waals surface area (Å²) < 4.78 is 10.9. The van der Waals surface area contributed by atoms with Crippen molar-refractivity contribution in [3.63, 3.8) is 0 Å². The number of carboxylic acid groups (broad SMARTS) is 1. The maximum absolute atomic E-state index is 13.2. The third-order valence-corrected chi connectivity index (χ3v) is 6.81. The van der Waals surface area contributed by atoms with Crippen LogP contribution in [0.4, 0.5) is 4.79 Å². The number of hydrogen-bond acceptors (Lipinski definition) is 6. The van der Waals surface area contributed by atoms with Crippen molar-refractivity contribution in [3.05, 3.63) is 59.7 Å². The minimum atomic E-state index is -1.10. The van der Waals surface area contributed by atoms with E-state index in [4.69, 9.17) is 9.47 Å². The lowest BCUT2D eigenvalue weighted by molar-refractivity contribution is -0.150. The van der Waals surface area contributed by atoms with Gasteiger partial charge in [-0.25, -0.2) is 4.79 Å². The molecule has 4 rings (SSSR count). The molecule has 9 nitrogen and oxygen atoms in total. The van der Waals surface area contributed by atoms with Crippen LogP contribution in [0.1, 0.15) is 30.4 Å². The number of benzene rings is 2. The van der Waals surface area contributed by atoms with Crippen molar-refractivity contribution in [2.24, 2.45) is 5.92 Å². The van der Waals surface area contributed by atoms with Crippen LogP contribution in [0.5, 0.6) is 0 Å². The summed E-state index contributed by atoms with van der Waals surface area (Å²) in [5.74, 6) is -2.62. The first-order valence-corrected chi connectivity index (χ1v) is 11.6. The van der Waals surface area contributed by atoms with Gasteiger partial charge in [0.05, 0.1) is 18.1 Å². The number of ether oxygens (including phenoxy) is 2. The largest absolute Gasteiger partial charge is 0.481 e. The van der Waals surface area contributed by atoms with Gasteiger partial charge in [0.1, 0.15) is 12.6 Å². The molecular formula is C26H30N2O7. The van der Waals surface area contributed by atoms with Crippen LogP contribution in [0.3, 0.4) is 0 Å². The quantitative estimate of drug-likeness (QED) is 0.553. The first kappa shape index (κ1) is 24.7. The fourth-order valence-electron chi connectivity index (χ4n) is 4.91. The average Bonchev–Trinajstić information content (AvgIpc) is 3.18. The first-order valence-electron chi connectivity index (χ1n) is 11.6. The van der Waals surface area contributed by atoms with Crippen LogP contribution in [0.25, 0.3) is 11.1 Å². The smallest absolute Gasteiger partial charge is 0.407 e. The fourth-order valence-corrected chi connectivity index (χ4v) is 4.91. The summed E-state index contributed by atoms with van der Waals surface area (Å²) in [7, 11) is 1.41. The monoisotopic (exact) mass is 482 g/mol. The highest BCUT2D eigenvalue weighted by Gasteiger charge is 2.38. The highest BCUT2D eigenvalue weighted by atomic mass is 16.5. The molecule has 0 bridgehead atoms. The Balaban J connectivity index is 1.44. The lowest BCUT2D eigenvalue weighted by Crippen LogP contribution is -2.58. The molecule has 186 valence electrons. The summed E-state index contributed by atoms with van der Waals surface area (Å²) in [6.07, 6.45) is -2.36. The van der Waals surface area contributed by atoms with Gasteiger partial charge in [0, 0.05) is 26.1 Å². The molecule has 0 saturated carbocycles. The Morgan fingerprint density at radius 3 is 2.23 bits per heavy atom. The molecule has 0 spiro atoms. The maximum Gasteiger partial charge on any atom is 0.407 e. The van der Waals surface area contributed by atoms with Gasteiger partial charge in [0.2, 0.25) is 5.91 Å². The van der Waals surface area contributed by atoms with E-state index in [1.807, 2.05) is 48.5 Å². The van der Waals surface area contributed by atoms with Crippen molar-refractivity contribution in [2.45, 2.75) is 37.5 Å². The zero-order valence-electron chi connectivity index (χ0n) is 19.7. The fraction of sp³-hybridized carbons (Fsp3) is 0.423. The van der Waals surface area contributed by atoms with Crippen LogP contribution in [0.15, 0.2) is 48.5 Å². The lowest BCUT2D eigenvalue weighted by Gasteiger charge is -2.37. The topological polar surface area (TPSA) is 125 Å². The van der Waals surface area contributed by atoms with Crippen LogP contribution in [0, 0.1) is 5.92 Å². The number of β-amino-alcohol motifs (C(OH)–C–C–N with tert-alkyl or cyclic N) is 1. The average molecular weight is 483 g/mol. The minimum absolute atomic E-state index is 0.0120. The van der Waals surface area contributed by atoms with E-state index in [1.54, 1.807) is 6.92 Å². The van der Waals surface area contributed by atoms with E-state index in [0.717, 1.165) is 22.3 Å². The minimum Gasteiger partial charge on any atom is -0.481 e. The van der Waals surface area contributed by atoms with Gasteiger partial charge in [0.25, 0.3) is 0 Å².